The van der Waals surface area contributed by atoms with Crippen LogP contribution in [0.15, 0.2) is 18.2 Å². The average molecular weight is 234 g/mol. The second kappa shape index (κ2) is 5.19. The predicted molar refractivity (Wildman–Crippen MR) is 66.4 cm³/mol. The van der Waals surface area contributed by atoms with E-state index in [1.54, 1.807) is 18.2 Å². The lowest BCUT2D eigenvalue weighted by Crippen LogP contribution is -2.28. The topological polar surface area (TPSA) is 64.3 Å². The largest absolute Gasteiger partial charge is 0.399 e. The van der Waals surface area contributed by atoms with Crippen LogP contribution in [0.3, 0.4) is 0 Å². The number of anilines is 1. The molecule has 4 nitrogen and oxygen atoms in total. The lowest BCUT2D eigenvalue weighted by Gasteiger charge is -2.11. The van der Waals surface area contributed by atoms with E-state index >= 15 is 0 Å². The summed E-state index contributed by atoms with van der Waals surface area (Å²) < 4.78 is 0. The first kappa shape index (κ1) is 11.9. The summed E-state index contributed by atoms with van der Waals surface area (Å²) in [4.78, 5) is 17.1. The van der Waals surface area contributed by atoms with Crippen LogP contribution in [0.5, 0.6) is 0 Å². The number of nitrogens with two attached hydrogens (primary N) is 1. The van der Waals surface area contributed by atoms with Gasteiger partial charge in [0.15, 0.2) is 0 Å². The number of hydrogen-bond donors (Lipinski definition) is 2. The van der Waals surface area contributed by atoms with Gasteiger partial charge in [0.1, 0.15) is 0 Å². The van der Waals surface area contributed by atoms with Crippen molar-refractivity contribution in [3.05, 3.63) is 29.3 Å². The highest BCUT2D eigenvalue weighted by molar-refractivity contribution is 5.94. The van der Waals surface area contributed by atoms with Crippen molar-refractivity contribution in [1.82, 2.24) is 5.48 Å². The molecule has 0 saturated heterocycles. The molecular formula is C13H18N2O2. The van der Waals surface area contributed by atoms with Gasteiger partial charge in [0.2, 0.25) is 0 Å². The van der Waals surface area contributed by atoms with E-state index in [-0.39, 0.29) is 12.0 Å². The Labute approximate surface area is 101 Å². The minimum Gasteiger partial charge on any atom is -0.399 e. The molecule has 1 saturated carbocycles. The van der Waals surface area contributed by atoms with Crippen LogP contribution in [0.25, 0.3) is 0 Å². The zero-order valence-electron chi connectivity index (χ0n) is 10.0. The van der Waals surface area contributed by atoms with Crippen molar-refractivity contribution >= 4 is 11.6 Å². The van der Waals surface area contributed by atoms with Crippen LogP contribution < -0.4 is 11.2 Å². The average Bonchev–Trinajstić information content (AvgIpc) is 2.82. The molecule has 0 aromatic heterocycles. The summed E-state index contributed by atoms with van der Waals surface area (Å²) in [5.74, 6) is -0.208. The monoisotopic (exact) mass is 234 g/mol. The quantitative estimate of drug-likeness (QED) is 0.622. The first-order chi connectivity index (χ1) is 8.16. The zero-order valence-corrected chi connectivity index (χ0v) is 10.0. The van der Waals surface area contributed by atoms with Gasteiger partial charge in [-0.25, -0.2) is 5.48 Å². The lowest BCUT2D eigenvalue weighted by atomic mass is 10.1. The summed E-state index contributed by atoms with van der Waals surface area (Å²) in [6.45, 7) is 1.88. The van der Waals surface area contributed by atoms with E-state index in [9.17, 15) is 4.79 Å². The molecule has 1 aromatic rings. The molecule has 0 atom stereocenters. The van der Waals surface area contributed by atoms with Crippen molar-refractivity contribution in [2.75, 3.05) is 5.73 Å². The van der Waals surface area contributed by atoms with Crippen LogP contribution in [-0.4, -0.2) is 12.0 Å². The molecule has 1 aromatic carbocycles. The van der Waals surface area contributed by atoms with Crippen molar-refractivity contribution in [2.45, 2.75) is 38.7 Å². The minimum absolute atomic E-state index is 0.175. The van der Waals surface area contributed by atoms with Gasteiger partial charge in [-0.3, -0.25) is 9.63 Å². The van der Waals surface area contributed by atoms with E-state index < -0.39 is 0 Å². The highest BCUT2D eigenvalue weighted by Gasteiger charge is 2.17. The maximum Gasteiger partial charge on any atom is 0.274 e. The summed E-state index contributed by atoms with van der Waals surface area (Å²) >= 11 is 0. The molecule has 1 amide bonds. The van der Waals surface area contributed by atoms with Gasteiger partial charge in [0.25, 0.3) is 5.91 Å². The van der Waals surface area contributed by atoms with Gasteiger partial charge in [-0.2, -0.15) is 0 Å². The molecule has 0 unspecified atom stereocenters. The normalized spacial score (nSPS) is 16.1. The third kappa shape index (κ3) is 2.97. The Morgan fingerprint density at radius 3 is 2.76 bits per heavy atom. The highest BCUT2D eigenvalue weighted by Crippen LogP contribution is 2.20. The smallest absolute Gasteiger partial charge is 0.274 e. The first-order valence-electron chi connectivity index (χ1n) is 5.99. The van der Waals surface area contributed by atoms with E-state index in [1.807, 2.05) is 6.92 Å². The fraction of sp³-hybridized carbons (Fsp3) is 0.462. The van der Waals surface area contributed by atoms with Gasteiger partial charge >= 0.3 is 0 Å². The zero-order chi connectivity index (χ0) is 12.3. The van der Waals surface area contributed by atoms with Crippen LogP contribution in [-0.2, 0) is 4.84 Å². The van der Waals surface area contributed by atoms with Crippen LogP contribution in [0.1, 0.15) is 41.6 Å². The predicted octanol–water partition coefficient (Wildman–Crippen LogP) is 2.18. The molecular weight excluding hydrogens is 216 g/mol. The Morgan fingerprint density at radius 2 is 2.12 bits per heavy atom. The maximum atomic E-state index is 11.8. The van der Waals surface area contributed by atoms with Gasteiger partial charge in [-0.05, 0) is 43.5 Å². The van der Waals surface area contributed by atoms with E-state index in [0.717, 1.165) is 18.4 Å². The molecule has 1 aliphatic rings. The van der Waals surface area contributed by atoms with Crippen molar-refractivity contribution in [1.29, 1.82) is 0 Å². The number of carbonyl (C=O) groups excluding carboxylic acids is 1. The number of nitrogen functional groups attached to an aromatic ring is 1. The maximum absolute atomic E-state index is 11.8. The van der Waals surface area contributed by atoms with Gasteiger partial charge in [0.05, 0.1) is 6.10 Å². The Bertz CT molecular complexity index is 412. The second-order valence-corrected chi connectivity index (χ2v) is 4.53. The third-order valence-electron chi connectivity index (χ3n) is 3.15. The highest BCUT2D eigenvalue weighted by atomic mass is 16.7. The van der Waals surface area contributed by atoms with Crippen molar-refractivity contribution in [3.8, 4) is 0 Å². The van der Waals surface area contributed by atoms with Gasteiger partial charge in [0, 0.05) is 11.3 Å². The molecule has 4 heteroatoms. The molecule has 0 spiro atoms. The van der Waals surface area contributed by atoms with Crippen LogP contribution in [0.2, 0.25) is 0 Å². The second-order valence-electron chi connectivity index (χ2n) is 4.53. The molecule has 0 radical (unpaired) electrons. The number of carbonyl (C=O) groups is 1. The Kier molecular flexibility index (Phi) is 3.64. The fourth-order valence-electron chi connectivity index (χ4n) is 2.02. The molecule has 92 valence electrons. The van der Waals surface area contributed by atoms with Gasteiger partial charge in [-0.1, -0.05) is 12.8 Å². The molecule has 1 aliphatic carbocycles. The molecule has 2 rings (SSSR count). The van der Waals surface area contributed by atoms with Crippen LogP contribution in [0.4, 0.5) is 5.69 Å². The molecule has 1 fully saturated rings. The summed E-state index contributed by atoms with van der Waals surface area (Å²) in [6.07, 6.45) is 4.60. The number of benzene rings is 1. The summed E-state index contributed by atoms with van der Waals surface area (Å²) in [7, 11) is 0. The SMILES string of the molecule is Cc1cc(C(=O)NOC2CCCC2)ccc1N. The Morgan fingerprint density at radius 1 is 1.41 bits per heavy atom. The molecule has 0 aliphatic heterocycles. The first-order valence-corrected chi connectivity index (χ1v) is 5.99. The standard InChI is InChI=1S/C13H18N2O2/c1-9-8-10(6-7-12(9)14)13(16)15-17-11-4-2-3-5-11/h6-8,11H,2-5,14H2,1H3,(H,15,16). The van der Waals surface area contributed by atoms with Crippen molar-refractivity contribution < 1.29 is 9.63 Å². The third-order valence-corrected chi connectivity index (χ3v) is 3.15. The van der Waals surface area contributed by atoms with E-state index in [4.69, 9.17) is 10.6 Å². The van der Waals surface area contributed by atoms with Gasteiger partial charge < -0.3 is 5.73 Å². The lowest BCUT2D eigenvalue weighted by molar-refractivity contribution is -0.0124. The number of rotatable bonds is 3. The van der Waals surface area contributed by atoms with Crippen LogP contribution in [0, 0.1) is 6.92 Å². The van der Waals surface area contributed by atoms with Crippen LogP contribution >= 0.6 is 0 Å². The Balaban J connectivity index is 1.92. The van der Waals surface area contributed by atoms with E-state index in [0.29, 0.717) is 11.3 Å². The van der Waals surface area contributed by atoms with Gasteiger partial charge in [-0.15, -0.1) is 0 Å². The molecule has 0 heterocycles. The molecule has 0 bridgehead atoms. The number of hydroxylamine groups is 1. The van der Waals surface area contributed by atoms with Crippen molar-refractivity contribution in [3.63, 3.8) is 0 Å². The summed E-state index contributed by atoms with van der Waals surface area (Å²) in [5.41, 5.74) is 10.4. The number of nitrogens with one attached hydrogen (secondary N) is 1. The van der Waals surface area contributed by atoms with E-state index in [2.05, 4.69) is 5.48 Å². The summed E-state index contributed by atoms with van der Waals surface area (Å²) in [6, 6.07) is 5.21. The molecule has 3 N–H and O–H groups in total. The number of aryl methyl sites for hydroxylation is 1. The van der Waals surface area contributed by atoms with Crippen molar-refractivity contribution in [2.24, 2.45) is 0 Å². The number of hydrogen-bond acceptors (Lipinski definition) is 3. The fourth-order valence-corrected chi connectivity index (χ4v) is 2.02. The minimum atomic E-state index is -0.208. The van der Waals surface area contributed by atoms with E-state index in [1.165, 1.54) is 12.8 Å². The Hall–Kier alpha value is -1.55. The molecule has 17 heavy (non-hydrogen) atoms. The summed E-state index contributed by atoms with van der Waals surface area (Å²) in [5, 5.41) is 0. The number of amides is 1.